The summed E-state index contributed by atoms with van der Waals surface area (Å²) in [5.41, 5.74) is 2.43. The second-order valence-electron chi connectivity index (χ2n) is 9.11. The van der Waals surface area contributed by atoms with Crippen molar-refractivity contribution in [1.29, 1.82) is 0 Å². The topological polar surface area (TPSA) is 71.8 Å². The van der Waals surface area contributed by atoms with Crippen molar-refractivity contribution in [2.24, 2.45) is 5.92 Å². The summed E-state index contributed by atoms with van der Waals surface area (Å²) in [4.78, 5) is 27.7. The lowest BCUT2D eigenvalue weighted by atomic mass is 10.0. The van der Waals surface area contributed by atoms with Gasteiger partial charge in [-0.15, -0.1) is 0 Å². The number of nitrogens with zero attached hydrogens (tertiary/aromatic N) is 1. The average Bonchev–Trinajstić information content (AvgIpc) is 2.76. The molecule has 3 aromatic rings. The van der Waals surface area contributed by atoms with E-state index in [0.717, 1.165) is 29.8 Å². The van der Waals surface area contributed by atoms with Gasteiger partial charge in [0.2, 0.25) is 0 Å². The lowest BCUT2D eigenvalue weighted by Crippen LogP contribution is -2.21. The highest BCUT2D eigenvalue weighted by molar-refractivity contribution is 6.05. The Hall–Kier alpha value is -3.12. The molecule has 0 fully saturated rings. The standard InChI is InChI=1S/C27H34N2O4/c1-7-8-22-24(32-18(4)17(2)3)14-11-20-15-23(27(31)33-25(20)22)26(30)28-21-12-9-19(10-13-21)16-29(5)6/h9-15,17-18H,7-8,16H2,1-6H3,(H,28,30). The van der Waals surface area contributed by atoms with Gasteiger partial charge in [0.25, 0.3) is 5.91 Å². The summed E-state index contributed by atoms with van der Waals surface area (Å²) in [6.45, 7) is 9.11. The predicted octanol–water partition coefficient (Wildman–Crippen LogP) is 5.48. The van der Waals surface area contributed by atoms with Gasteiger partial charge in [0.05, 0.1) is 6.10 Å². The molecule has 3 rings (SSSR count). The number of anilines is 1. The third-order valence-electron chi connectivity index (χ3n) is 5.67. The van der Waals surface area contributed by atoms with Crippen molar-refractivity contribution in [3.63, 3.8) is 0 Å². The maximum Gasteiger partial charge on any atom is 0.349 e. The summed E-state index contributed by atoms with van der Waals surface area (Å²) in [6.07, 6.45) is 1.62. The highest BCUT2D eigenvalue weighted by Gasteiger charge is 2.19. The summed E-state index contributed by atoms with van der Waals surface area (Å²) in [7, 11) is 4.00. The predicted molar refractivity (Wildman–Crippen MR) is 133 cm³/mol. The molecule has 0 radical (unpaired) electrons. The summed E-state index contributed by atoms with van der Waals surface area (Å²) in [6, 6.07) is 12.9. The molecule has 0 aliphatic rings. The SMILES string of the molecule is CCCc1c(OC(C)C(C)C)ccc2cc(C(=O)Nc3ccc(CN(C)C)cc3)c(=O)oc12. The Balaban J connectivity index is 1.91. The Morgan fingerprint density at radius 1 is 1.09 bits per heavy atom. The molecule has 1 N–H and O–H groups in total. The quantitative estimate of drug-likeness (QED) is 0.437. The van der Waals surface area contributed by atoms with Gasteiger partial charge in [-0.25, -0.2) is 4.79 Å². The van der Waals surface area contributed by atoms with E-state index in [2.05, 4.69) is 31.0 Å². The Kier molecular flexibility index (Phi) is 7.92. The van der Waals surface area contributed by atoms with Gasteiger partial charge in [-0.1, -0.05) is 39.3 Å². The minimum absolute atomic E-state index is 0.0217. The minimum atomic E-state index is -0.657. The van der Waals surface area contributed by atoms with Gasteiger partial charge in [0.15, 0.2) is 0 Å². The monoisotopic (exact) mass is 450 g/mol. The number of carbonyl (C=O) groups is 1. The Morgan fingerprint density at radius 2 is 1.79 bits per heavy atom. The number of ether oxygens (including phenoxy) is 1. The first kappa shape index (κ1) is 24.5. The van der Waals surface area contributed by atoms with E-state index in [0.29, 0.717) is 29.0 Å². The van der Waals surface area contributed by atoms with Crippen LogP contribution < -0.4 is 15.7 Å². The van der Waals surface area contributed by atoms with Gasteiger partial charge in [0.1, 0.15) is 16.9 Å². The zero-order valence-corrected chi connectivity index (χ0v) is 20.4. The first-order valence-corrected chi connectivity index (χ1v) is 11.5. The van der Waals surface area contributed by atoms with Crippen LogP contribution >= 0.6 is 0 Å². The second-order valence-corrected chi connectivity index (χ2v) is 9.11. The van der Waals surface area contributed by atoms with Crippen LogP contribution in [0, 0.1) is 5.92 Å². The lowest BCUT2D eigenvalue weighted by molar-refractivity contribution is 0.102. The fraction of sp³-hybridized carbons (Fsp3) is 0.407. The number of rotatable bonds is 9. The molecule has 0 saturated carbocycles. The number of amides is 1. The first-order chi connectivity index (χ1) is 15.7. The molecule has 0 saturated heterocycles. The highest BCUT2D eigenvalue weighted by atomic mass is 16.5. The number of fused-ring (bicyclic) bond motifs is 1. The molecule has 0 spiro atoms. The van der Waals surface area contributed by atoms with Crippen LogP contribution in [0.15, 0.2) is 51.7 Å². The van der Waals surface area contributed by atoms with Gasteiger partial charge in [-0.3, -0.25) is 4.79 Å². The number of hydrogen-bond acceptors (Lipinski definition) is 5. The molecule has 0 aliphatic carbocycles. The zero-order chi connectivity index (χ0) is 24.1. The summed E-state index contributed by atoms with van der Waals surface area (Å²) < 4.78 is 11.8. The molecule has 1 unspecified atom stereocenters. The number of nitrogens with one attached hydrogen (secondary N) is 1. The smallest absolute Gasteiger partial charge is 0.349 e. The van der Waals surface area contributed by atoms with E-state index in [1.54, 1.807) is 6.07 Å². The Bertz CT molecular complexity index is 1160. The van der Waals surface area contributed by atoms with E-state index in [-0.39, 0.29) is 11.7 Å². The van der Waals surface area contributed by atoms with E-state index in [9.17, 15) is 9.59 Å². The van der Waals surface area contributed by atoms with E-state index >= 15 is 0 Å². The number of benzene rings is 2. The van der Waals surface area contributed by atoms with E-state index in [1.807, 2.05) is 57.4 Å². The van der Waals surface area contributed by atoms with Crippen LogP contribution in [-0.2, 0) is 13.0 Å². The molecule has 1 amide bonds. The minimum Gasteiger partial charge on any atom is -0.490 e. The molecule has 6 nitrogen and oxygen atoms in total. The molecule has 176 valence electrons. The first-order valence-electron chi connectivity index (χ1n) is 11.5. The van der Waals surface area contributed by atoms with Crippen molar-refractivity contribution in [2.75, 3.05) is 19.4 Å². The van der Waals surface area contributed by atoms with Crippen molar-refractivity contribution < 1.29 is 13.9 Å². The van der Waals surface area contributed by atoms with Gasteiger partial charge < -0.3 is 19.4 Å². The molecule has 0 bridgehead atoms. The molecule has 33 heavy (non-hydrogen) atoms. The van der Waals surface area contributed by atoms with Crippen LogP contribution in [0.3, 0.4) is 0 Å². The summed E-state index contributed by atoms with van der Waals surface area (Å²) in [5, 5.41) is 3.50. The van der Waals surface area contributed by atoms with Crippen molar-refractivity contribution in [2.45, 2.75) is 53.2 Å². The molecule has 1 atom stereocenters. The number of carbonyl (C=O) groups excluding carboxylic acids is 1. The lowest BCUT2D eigenvalue weighted by Gasteiger charge is -2.21. The van der Waals surface area contributed by atoms with Crippen LogP contribution in [-0.4, -0.2) is 31.0 Å². The van der Waals surface area contributed by atoms with E-state index in [4.69, 9.17) is 9.15 Å². The third-order valence-corrected chi connectivity index (χ3v) is 5.67. The molecular weight excluding hydrogens is 416 g/mol. The fourth-order valence-electron chi connectivity index (χ4n) is 3.57. The number of hydrogen-bond donors (Lipinski definition) is 1. The maximum absolute atomic E-state index is 12.8. The van der Waals surface area contributed by atoms with E-state index in [1.165, 1.54) is 0 Å². The molecule has 6 heteroatoms. The van der Waals surface area contributed by atoms with Gasteiger partial charge in [0, 0.05) is 23.2 Å². The van der Waals surface area contributed by atoms with Crippen LogP contribution in [0.4, 0.5) is 5.69 Å². The van der Waals surface area contributed by atoms with Gasteiger partial charge in [-0.05, 0) is 69.3 Å². The van der Waals surface area contributed by atoms with Gasteiger partial charge in [-0.2, -0.15) is 0 Å². The Morgan fingerprint density at radius 3 is 2.39 bits per heavy atom. The van der Waals surface area contributed by atoms with E-state index < -0.39 is 11.5 Å². The van der Waals surface area contributed by atoms with Crippen molar-refractivity contribution >= 4 is 22.6 Å². The van der Waals surface area contributed by atoms with Crippen molar-refractivity contribution in [3.05, 3.63) is 69.6 Å². The van der Waals surface area contributed by atoms with Crippen molar-refractivity contribution in [3.8, 4) is 5.75 Å². The Labute approximate surface area is 195 Å². The van der Waals surface area contributed by atoms with Crippen LogP contribution in [0.1, 0.15) is 55.6 Å². The van der Waals surface area contributed by atoms with Crippen molar-refractivity contribution in [1.82, 2.24) is 4.90 Å². The normalized spacial score (nSPS) is 12.4. The molecular formula is C27H34N2O4. The average molecular weight is 451 g/mol. The maximum atomic E-state index is 12.8. The molecule has 0 aliphatic heterocycles. The highest BCUT2D eigenvalue weighted by Crippen LogP contribution is 2.30. The second kappa shape index (κ2) is 10.7. The fourth-order valence-corrected chi connectivity index (χ4v) is 3.57. The summed E-state index contributed by atoms with van der Waals surface area (Å²) >= 11 is 0. The van der Waals surface area contributed by atoms with Gasteiger partial charge >= 0.3 is 5.63 Å². The number of aryl methyl sites for hydroxylation is 1. The largest absolute Gasteiger partial charge is 0.490 e. The van der Waals surface area contributed by atoms with Crippen LogP contribution in [0.25, 0.3) is 11.0 Å². The zero-order valence-electron chi connectivity index (χ0n) is 20.4. The molecule has 2 aromatic carbocycles. The molecule has 1 heterocycles. The van der Waals surface area contributed by atoms with Crippen LogP contribution in [0.2, 0.25) is 0 Å². The van der Waals surface area contributed by atoms with Crippen LogP contribution in [0.5, 0.6) is 5.75 Å². The molecule has 1 aromatic heterocycles. The summed E-state index contributed by atoms with van der Waals surface area (Å²) in [5.74, 6) is 0.589. The third kappa shape index (κ3) is 6.02.